The van der Waals surface area contributed by atoms with Crippen molar-refractivity contribution in [2.75, 3.05) is 0 Å². The second-order valence-corrected chi connectivity index (χ2v) is 7.15. The zero-order valence-corrected chi connectivity index (χ0v) is 16.8. The monoisotopic (exact) mass is 444 g/mol. The van der Waals surface area contributed by atoms with Crippen LogP contribution in [0.15, 0.2) is 72.8 Å². The van der Waals surface area contributed by atoms with E-state index in [1.54, 1.807) is 36.4 Å². The lowest BCUT2D eigenvalue weighted by Gasteiger charge is -2.10. The van der Waals surface area contributed by atoms with Gasteiger partial charge in [0.1, 0.15) is 12.4 Å². The molecular weight excluding hydrogens is 429 g/mol. The van der Waals surface area contributed by atoms with Crippen LogP contribution in [0.5, 0.6) is 5.75 Å². The van der Waals surface area contributed by atoms with E-state index in [9.17, 15) is 13.2 Å². The molecule has 1 heterocycles. The van der Waals surface area contributed by atoms with E-state index in [0.29, 0.717) is 28.7 Å². The van der Waals surface area contributed by atoms with E-state index >= 15 is 0 Å². The Balaban J connectivity index is 1.40. The Morgan fingerprint density at radius 1 is 0.935 bits per heavy atom. The molecule has 0 aliphatic heterocycles. The molecule has 3 aromatic carbocycles. The van der Waals surface area contributed by atoms with E-state index in [1.807, 2.05) is 18.2 Å². The number of aromatic nitrogens is 4. The summed E-state index contributed by atoms with van der Waals surface area (Å²) >= 11 is 6.16. The SMILES string of the molecule is FC(F)(F)c1cccc(COc2ccc(-c3nnn(Cc4ccccc4Cl)n3)cc2)c1. The number of hydrogen-bond donors (Lipinski definition) is 0. The summed E-state index contributed by atoms with van der Waals surface area (Å²) in [5.41, 5.74) is 1.35. The zero-order chi connectivity index (χ0) is 21.8. The third kappa shape index (κ3) is 5.21. The molecule has 0 unspecified atom stereocenters. The van der Waals surface area contributed by atoms with Gasteiger partial charge in [0.15, 0.2) is 0 Å². The Bertz CT molecular complexity index is 1180. The minimum absolute atomic E-state index is 0.0233. The molecule has 0 fully saturated rings. The molecule has 158 valence electrons. The van der Waals surface area contributed by atoms with Crippen LogP contribution in [0.3, 0.4) is 0 Å². The van der Waals surface area contributed by atoms with Crippen LogP contribution in [0.25, 0.3) is 11.4 Å². The maximum Gasteiger partial charge on any atom is 0.416 e. The zero-order valence-electron chi connectivity index (χ0n) is 16.1. The molecule has 0 aliphatic carbocycles. The maximum atomic E-state index is 12.8. The second-order valence-electron chi connectivity index (χ2n) is 6.75. The lowest BCUT2D eigenvalue weighted by atomic mass is 10.1. The number of nitrogens with zero attached hydrogens (tertiary/aromatic N) is 4. The van der Waals surface area contributed by atoms with Crippen LogP contribution in [-0.4, -0.2) is 20.2 Å². The molecular formula is C22H16ClF3N4O. The molecule has 4 aromatic rings. The summed E-state index contributed by atoms with van der Waals surface area (Å²) in [4.78, 5) is 1.45. The van der Waals surface area contributed by atoms with Crippen molar-refractivity contribution >= 4 is 11.6 Å². The third-order valence-corrected chi connectivity index (χ3v) is 4.86. The minimum atomic E-state index is -4.38. The maximum absolute atomic E-state index is 12.8. The van der Waals surface area contributed by atoms with Crippen LogP contribution >= 0.6 is 11.6 Å². The normalized spacial score (nSPS) is 11.5. The van der Waals surface area contributed by atoms with Crippen molar-refractivity contribution in [2.24, 2.45) is 0 Å². The van der Waals surface area contributed by atoms with Crippen molar-refractivity contribution in [3.63, 3.8) is 0 Å². The first-order valence-corrected chi connectivity index (χ1v) is 9.67. The van der Waals surface area contributed by atoms with Crippen molar-refractivity contribution in [3.8, 4) is 17.1 Å². The van der Waals surface area contributed by atoms with Gasteiger partial charge in [0.05, 0.1) is 12.1 Å². The van der Waals surface area contributed by atoms with Gasteiger partial charge in [-0.2, -0.15) is 18.0 Å². The highest BCUT2D eigenvalue weighted by atomic mass is 35.5. The van der Waals surface area contributed by atoms with Gasteiger partial charge < -0.3 is 4.74 Å². The molecule has 0 spiro atoms. The number of rotatable bonds is 6. The van der Waals surface area contributed by atoms with E-state index in [-0.39, 0.29) is 6.61 Å². The number of tetrazole rings is 1. The summed E-state index contributed by atoms with van der Waals surface area (Å²) < 4.78 is 44.0. The molecule has 31 heavy (non-hydrogen) atoms. The van der Waals surface area contributed by atoms with Gasteiger partial charge in [0, 0.05) is 10.6 Å². The van der Waals surface area contributed by atoms with E-state index in [1.165, 1.54) is 10.9 Å². The van der Waals surface area contributed by atoms with Gasteiger partial charge in [0.25, 0.3) is 0 Å². The lowest BCUT2D eigenvalue weighted by molar-refractivity contribution is -0.137. The Labute approximate surface area is 181 Å². The molecule has 0 aliphatic rings. The molecule has 5 nitrogen and oxygen atoms in total. The van der Waals surface area contributed by atoms with Crippen molar-refractivity contribution in [3.05, 3.63) is 94.5 Å². The minimum Gasteiger partial charge on any atom is -0.489 e. The Morgan fingerprint density at radius 3 is 2.45 bits per heavy atom. The smallest absolute Gasteiger partial charge is 0.416 e. The molecule has 0 N–H and O–H groups in total. The van der Waals surface area contributed by atoms with Gasteiger partial charge in [0.2, 0.25) is 5.82 Å². The number of halogens is 4. The first kappa shape index (κ1) is 20.9. The summed E-state index contributed by atoms with van der Waals surface area (Å²) in [5.74, 6) is 0.959. The van der Waals surface area contributed by atoms with Crippen LogP contribution in [-0.2, 0) is 19.3 Å². The van der Waals surface area contributed by atoms with E-state index in [0.717, 1.165) is 23.3 Å². The molecule has 9 heteroatoms. The van der Waals surface area contributed by atoms with Gasteiger partial charge in [-0.3, -0.25) is 0 Å². The highest BCUT2D eigenvalue weighted by Gasteiger charge is 2.30. The second kappa shape index (κ2) is 8.77. The lowest BCUT2D eigenvalue weighted by Crippen LogP contribution is -2.06. The largest absolute Gasteiger partial charge is 0.489 e. The summed E-state index contributed by atoms with van der Waals surface area (Å²) in [6.45, 7) is 0.417. The van der Waals surface area contributed by atoms with Gasteiger partial charge in [-0.05, 0) is 58.8 Å². The average Bonchev–Trinajstić information content (AvgIpc) is 3.22. The topological polar surface area (TPSA) is 52.8 Å². The van der Waals surface area contributed by atoms with Gasteiger partial charge in [-0.25, -0.2) is 0 Å². The van der Waals surface area contributed by atoms with Gasteiger partial charge in [-0.15, -0.1) is 10.2 Å². The van der Waals surface area contributed by atoms with Gasteiger partial charge in [-0.1, -0.05) is 41.9 Å². The van der Waals surface area contributed by atoms with Crippen LogP contribution in [0.2, 0.25) is 5.02 Å². The van der Waals surface area contributed by atoms with E-state index in [4.69, 9.17) is 16.3 Å². The summed E-state index contributed by atoms with van der Waals surface area (Å²) in [6.07, 6.45) is -4.38. The molecule has 0 saturated carbocycles. The molecule has 0 atom stereocenters. The first-order chi connectivity index (χ1) is 14.9. The fraction of sp³-hybridized carbons (Fsp3) is 0.136. The van der Waals surface area contributed by atoms with Crippen molar-refractivity contribution < 1.29 is 17.9 Å². The van der Waals surface area contributed by atoms with Crippen LogP contribution in [0.1, 0.15) is 16.7 Å². The average molecular weight is 445 g/mol. The van der Waals surface area contributed by atoms with Crippen LogP contribution in [0.4, 0.5) is 13.2 Å². The Morgan fingerprint density at radius 2 is 1.71 bits per heavy atom. The van der Waals surface area contributed by atoms with E-state index in [2.05, 4.69) is 15.4 Å². The number of benzene rings is 3. The number of alkyl halides is 3. The molecule has 0 saturated heterocycles. The predicted molar refractivity (Wildman–Crippen MR) is 110 cm³/mol. The molecule has 4 rings (SSSR count). The van der Waals surface area contributed by atoms with Crippen LogP contribution < -0.4 is 4.74 Å². The first-order valence-electron chi connectivity index (χ1n) is 9.29. The molecule has 0 radical (unpaired) electrons. The quantitative estimate of drug-likeness (QED) is 0.386. The summed E-state index contributed by atoms with van der Waals surface area (Å²) in [7, 11) is 0. The Kier molecular flexibility index (Phi) is 5.90. The fourth-order valence-corrected chi connectivity index (χ4v) is 3.10. The fourth-order valence-electron chi connectivity index (χ4n) is 2.91. The predicted octanol–water partition coefficient (Wildman–Crippen LogP) is 5.64. The number of hydrogen-bond acceptors (Lipinski definition) is 4. The molecule has 0 amide bonds. The highest BCUT2D eigenvalue weighted by molar-refractivity contribution is 6.31. The van der Waals surface area contributed by atoms with Crippen LogP contribution in [0, 0.1) is 0 Å². The summed E-state index contributed by atoms with van der Waals surface area (Å²) in [5, 5.41) is 13.1. The van der Waals surface area contributed by atoms with E-state index < -0.39 is 11.7 Å². The van der Waals surface area contributed by atoms with Crippen molar-refractivity contribution in [1.29, 1.82) is 0 Å². The summed E-state index contributed by atoms with van der Waals surface area (Å²) in [6, 6.07) is 19.4. The Hall–Kier alpha value is -3.39. The molecule has 0 bridgehead atoms. The van der Waals surface area contributed by atoms with Gasteiger partial charge >= 0.3 is 6.18 Å². The number of ether oxygens (including phenoxy) is 1. The van der Waals surface area contributed by atoms with Crippen molar-refractivity contribution in [2.45, 2.75) is 19.3 Å². The third-order valence-electron chi connectivity index (χ3n) is 4.49. The van der Waals surface area contributed by atoms with Crippen molar-refractivity contribution in [1.82, 2.24) is 20.2 Å². The standard InChI is InChI=1S/C22H16ClF3N4O/c23-20-7-2-1-5-17(20)13-30-28-21(27-29-30)16-8-10-19(11-9-16)31-14-15-4-3-6-18(12-15)22(24,25)26/h1-12H,13-14H2. The molecule has 1 aromatic heterocycles. The highest BCUT2D eigenvalue weighted by Crippen LogP contribution is 2.30.